The number of hydrogen-bond acceptors (Lipinski definition) is 6. The number of aromatic nitrogens is 2. The topological polar surface area (TPSA) is 123 Å². The lowest BCUT2D eigenvalue weighted by Gasteiger charge is -2.23. The fourth-order valence-corrected chi connectivity index (χ4v) is 3.02. The molecule has 0 unspecified atom stereocenters. The van der Waals surface area contributed by atoms with Gasteiger partial charge in [-0.25, -0.2) is 23.1 Å². The van der Waals surface area contributed by atoms with Gasteiger partial charge in [0.25, 0.3) is 0 Å². The molecule has 11 heteroatoms. The summed E-state index contributed by atoms with van der Waals surface area (Å²) in [7, 11) is 0. The van der Waals surface area contributed by atoms with Crippen molar-refractivity contribution < 1.29 is 38.1 Å². The van der Waals surface area contributed by atoms with Crippen LogP contribution >= 0.6 is 0 Å². The zero-order chi connectivity index (χ0) is 23.8. The van der Waals surface area contributed by atoms with Crippen molar-refractivity contribution in [2.45, 2.75) is 6.10 Å². The van der Waals surface area contributed by atoms with E-state index in [1.165, 1.54) is 16.8 Å². The summed E-state index contributed by atoms with van der Waals surface area (Å²) in [6, 6.07) is 10.8. The Hall–Kier alpha value is -3.83. The van der Waals surface area contributed by atoms with Crippen molar-refractivity contribution in [3.63, 3.8) is 0 Å². The minimum Gasteiger partial charge on any atom is -0.478 e. The summed E-state index contributed by atoms with van der Waals surface area (Å²) in [5, 5.41) is 24.0. The second-order valence-corrected chi connectivity index (χ2v) is 6.85. The molecule has 1 aromatic heterocycles. The van der Waals surface area contributed by atoms with Gasteiger partial charge in [-0.05, 0) is 24.3 Å². The fraction of sp³-hybridized carbons (Fsp3) is 0.227. The van der Waals surface area contributed by atoms with Gasteiger partial charge in [-0.15, -0.1) is 5.10 Å². The highest BCUT2D eigenvalue weighted by atomic mass is 19.1. The lowest BCUT2D eigenvalue weighted by atomic mass is 10.2. The summed E-state index contributed by atoms with van der Waals surface area (Å²) in [5.41, 5.74) is 0.855. The van der Waals surface area contributed by atoms with Gasteiger partial charge in [0, 0.05) is 31.3 Å². The zero-order valence-corrected chi connectivity index (χ0v) is 17.3. The lowest BCUT2D eigenvalue weighted by molar-refractivity contribution is -0.134. The minimum absolute atomic E-state index is 0.0554. The van der Waals surface area contributed by atoms with Crippen LogP contribution in [0.1, 0.15) is 0 Å². The molecule has 0 spiro atoms. The Balaban J connectivity index is 0.000000331. The first kappa shape index (κ1) is 23.8. The summed E-state index contributed by atoms with van der Waals surface area (Å²) in [4.78, 5) is 19.1. The minimum atomic E-state index is -1.26. The van der Waals surface area contributed by atoms with Crippen LogP contribution in [0, 0.1) is 11.6 Å². The number of morpholine rings is 1. The summed E-state index contributed by atoms with van der Waals surface area (Å²) in [6.07, 6.45) is 1.06. The highest BCUT2D eigenvalue weighted by molar-refractivity contribution is 5.89. The number of rotatable bonds is 6. The van der Waals surface area contributed by atoms with Crippen molar-refractivity contribution >= 4 is 22.8 Å². The van der Waals surface area contributed by atoms with E-state index in [0.717, 1.165) is 18.0 Å². The van der Waals surface area contributed by atoms with Crippen LogP contribution in [0.15, 0.2) is 54.6 Å². The van der Waals surface area contributed by atoms with E-state index in [0.29, 0.717) is 43.3 Å². The van der Waals surface area contributed by atoms with Gasteiger partial charge < -0.3 is 25.0 Å². The third-order valence-corrected chi connectivity index (χ3v) is 4.47. The molecule has 3 aromatic rings. The van der Waals surface area contributed by atoms with E-state index in [2.05, 4.69) is 10.4 Å². The molecule has 2 aromatic carbocycles. The number of halogens is 2. The molecule has 1 saturated heterocycles. The van der Waals surface area contributed by atoms with E-state index in [-0.39, 0.29) is 11.8 Å². The van der Waals surface area contributed by atoms with Crippen LogP contribution in [0.25, 0.3) is 16.6 Å². The number of fused-ring (bicyclic) bond motifs is 1. The highest BCUT2D eigenvalue weighted by Crippen LogP contribution is 2.28. The molecule has 1 aliphatic heterocycles. The first-order chi connectivity index (χ1) is 15.8. The first-order valence-corrected chi connectivity index (χ1v) is 9.87. The molecule has 9 nitrogen and oxygen atoms in total. The third kappa shape index (κ3) is 6.57. The number of carboxylic acids is 2. The van der Waals surface area contributed by atoms with Crippen molar-refractivity contribution in [3.05, 3.63) is 66.3 Å². The van der Waals surface area contributed by atoms with Gasteiger partial charge >= 0.3 is 11.9 Å². The second kappa shape index (κ2) is 11.2. The van der Waals surface area contributed by atoms with Crippen molar-refractivity contribution in [1.82, 2.24) is 15.1 Å². The molecular weight excluding hydrogens is 440 g/mol. The molecule has 3 N–H and O–H groups in total. The maximum atomic E-state index is 14.2. The molecule has 1 atom stereocenters. The smallest absolute Gasteiger partial charge is 0.328 e. The zero-order valence-electron chi connectivity index (χ0n) is 17.3. The van der Waals surface area contributed by atoms with Crippen molar-refractivity contribution in [2.24, 2.45) is 0 Å². The Kier molecular flexibility index (Phi) is 8.06. The van der Waals surface area contributed by atoms with Gasteiger partial charge in [-0.3, -0.25) is 0 Å². The van der Waals surface area contributed by atoms with Crippen molar-refractivity contribution in [3.8, 4) is 11.6 Å². The van der Waals surface area contributed by atoms with E-state index in [9.17, 15) is 18.4 Å². The highest BCUT2D eigenvalue weighted by Gasteiger charge is 2.19. The number of nitrogens with zero attached hydrogens (tertiary/aromatic N) is 2. The van der Waals surface area contributed by atoms with E-state index in [4.69, 9.17) is 19.7 Å². The molecular formula is C22H21F2N3O6. The molecule has 1 fully saturated rings. The van der Waals surface area contributed by atoms with Crippen LogP contribution in [0.2, 0.25) is 0 Å². The predicted octanol–water partition coefficient (Wildman–Crippen LogP) is 2.38. The Bertz CT molecular complexity index is 1140. The van der Waals surface area contributed by atoms with Crippen molar-refractivity contribution in [2.75, 3.05) is 26.3 Å². The molecule has 0 saturated carbocycles. The molecule has 4 rings (SSSR count). The number of carbonyl (C=O) groups is 2. The number of para-hydroxylation sites is 1. The van der Waals surface area contributed by atoms with Gasteiger partial charge in [0.15, 0.2) is 5.82 Å². The maximum absolute atomic E-state index is 14.2. The van der Waals surface area contributed by atoms with Crippen LogP contribution in [0.4, 0.5) is 8.78 Å². The van der Waals surface area contributed by atoms with E-state index < -0.39 is 23.6 Å². The number of hydrogen-bond donors (Lipinski definition) is 3. The molecule has 1 aliphatic rings. The average molecular weight is 461 g/mol. The third-order valence-electron chi connectivity index (χ3n) is 4.47. The second-order valence-electron chi connectivity index (χ2n) is 6.85. The Morgan fingerprint density at radius 1 is 1.18 bits per heavy atom. The molecule has 174 valence electrons. The van der Waals surface area contributed by atoms with Crippen molar-refractivity contribution in [1.29, 1.82) is 0 Å². The average Bonchev–Trinajstić information content (AvgIpc) is 3.16. The normalized spacial score (nSPS) is 15.8. The SMILES string of the molecule is Fc1ccc(-n2nc(OC[C@@H]3CNCCO3)c3ccccc32)c(F)c1.O=C(O)/C=C\C(=O)O. The predicted molar refractivity (Wildman–Crippen MR) is 114 cm³/mol. The Morgan fingerprint density at radius 2 is 1.91 bits per heavy atom. The maximum Gasteiger partial charge on any atom is 0.328 e. The monoisotopic (exact) mass is 461 g/mol. The summed E-state index contributed by atoms with van der Waals surface area (Å²) >= 11 is 0. The summed E-state index contributed by atoms with van der Waals surface area (Å²) in [5.74, 6) is -3.43. The number of ether oxygens (including phenoxy) is 2. The molecule has 0 radical (unpaired) electrons. The summed E-state index contributed by atoms with van der Waals surface area (Å²) < 4.78 is 40.2. The van der Waals surface area contributed by atoms with Gasteiger partial charge in [0.2, 0.25) is 5.88 Å². The van der Waals surface area contributed by atoms with Gasteiger partial charge in [-0.1, -0.05) is 12.1 Å². The molecule has 0 amide bonds. The number of aliphatic carboxylic acids is 2. The largest absolute Gasteiger partial charge is 0.478 e. The first-order valence-electron chi connectivity index (χ1n) is 9.87. The lowest BCUT2D eigenvalue weighted by Crippen LogP contribution is -2.41. The summed E-state index contributed by atoms with van der Waals surface area (Å²) in [6.45, 7) is 2.53. The van der Waals surface area contributed by atoms with Crippen LogP contribution in [0.5, 0.6) is 5.88 Å². The number of carboxylic acid groups (broad SMARTS) is 2. The number of nitrogens with one attached hydrogen (secondary N) is 1. The quantitative estimate of drug-likeness (QED) is 0.479. The Morgan fingerprint density at radius 3 is 2.55 bits per heavy atom. The van der Waals surface area contributed by atoms with E-state index in [1.54, 1.807) is 0 Å². The Labute approximate surface area is 186 Å². The van der Waals surface area contributed by atoms with E-state index in [1.807, 2.05) is 24.3 Å². The number of benzene rings is 2. The van der Waals surface area contributed by atoms with Crippen LogP contribution in [0.3, 0.4) is 0 Å². The molecule has 2 heterocycles. The fourth-order valence-electron chi connectivity index (χ4n) is 3.02. The van der Waals surface area contributed by atoms with Crippen LogP contribution < -0.4 is 10.1 Å². The van der Waals surface area contributed by atoms with Crippen LogP contribution in [-0.2, 0) is 14.3 Å². The molecule has 0 aliphatic carbocycles. The molecule has 0 bridgehead atoms. The van der Waals surface area contributed by atoms with Gasteiger partial charge in [0.05, 0.1) is 17.5 Å². The molecule has 33 heavy (non-hydrogen) atoms. The van der Waals surface area contributed by atoms with Gasteiger partial charge in [0.1, 0.15) is 24.2 Å². The standard InChI is InChI=1S/C18H17F2N3O2.C4H4O4/c19-12-5-6-17(15(20)9-12)23-16-4-2-1-3-14(16)18(22-23)25-11-13-10-21-7-8-24-13;5-3(6)1-2-4(7)8/h1-6,9,13,21H,7-8,10-11H2;1-2H,(H,5,6)(H,7,8)/b;2-1-/t13-;/m0./s1. The van der Waals surface area contributed by atoms with E-state index >= 15 is 0 Å². The van der Waals surface area contributed by atoms with Crippen LogP contribution in [-0.4, -0.2) is 64.3 Å². The van der Waals surface area contributed by atoms with Gasteiger partial charge in [-0.2, -0.15) is 0 Å².